The Morgan fingerprint density at radius 1 is 1.22 bits per heavy atom. The molecule has 0 saturated carbocycles. The summed E-state index contributed by atoms with van der Waals surface area (Å²) in [6.07, 6.45) is 3.71. The van der Waals surface area contributed by atoms with E-state index >= 15 is 0 Å². The number of aromatic nitrogens is 2. The minimum Gasteiger partial charge on any atom is -0.493 e. The second-order valence-electron chi connectivity index (χ2n) is 7.50. The maximum atomic E-state index is 13.5. The number of fused-ring (bicyclic) bond motifs is 1. The van der Waals surface area contributed by atoms with E-state index < -0.39 is 15.8 Å². The molecule has 1 saturated heterocycles. The zero-order valence-electron chi connectivity index (χ0n) is 17.5. The number of nitrogens with one attached hydrogen (secondary N) is 1. The van der Waals surface area contributed by atoms with Crippen molar-refractivity contribution in [2.45, 2.75) is 18.9 Å². The Morgan fingerprint density at radius 2 is 2.03 bits per heavy atom. The van der Waals surface area contributed by atoms with Gasteiger partial charge in [0.25, 0.3) is 0 Å². The normalized spacial score (nSPS) is 17.3. The molecule has 1 unspecified atom stereocenters. The molecule has 0 radical (unpaired) electrons. The molecule has 8 nitrogen and oxygen atoms in total. The van der Waals surface area contributed by atoms with E-state index in [1.165, 1.54) is 36.1 Å². The molecule has 1 aromatic heterocycles. The lowest BCUT2D eigenvalue weighted by Crippen LogP contribution is -2.43. The highest BCUT2D eigenvalue weighted by Gasteiger charge is 2.28. The Labute approximate surface area is 190 Å². The highest BCUT2D eigenvalue weighted by molar-refractivity contribution is 7.88. The molecule has 0 spiro atoms. The lowest BCUT2D eigenvalue weighted by molar-refractivity contribution is 0.126. The van der Waals surface area contributed by atoms with Gasteiger partial charge < -0.3 is 14.8 Å². The summed E-state index contributed by atoms with van der Waals surface area (Å²) in [4.78, 5) is 8.59. The molecule has 170 valence electrons. The first-order valence-electron chi connectivity index (χ1n) is 9.91. The molecule has 0 aliphatic carbocycles. The number of ether oxygens (including phenoxy) is 2. The molecule has 2 heterocycles. The van der Waals surface area contributed by atoms with E-state index in [9.17, 15) is 12.8 Å². The minimum atomic E-state index is -3.29. The Balaban J connectivity index is 1.67. The van der Waals surface area contributed by atoms with Crippen molar-refractivity contribution in [1.29, 1.82) is 0 Å². The van der Waals surface area contributed by atoms with Gasteiger partial charge in [-0.15, -0.1) is 0 Å². The molecule has 1 aliphatic rings. The summed E-state index contributed by atoms with van der Waals surface area (Å²) in [5, 5.41) is 3.77. The van der Waals surface area contributed by atoms with Gasteiger partial charge in [0.2, 0.25) is 10.0 Å². The fraction of sp³-hybridized carbons (Fsp3) is 0.333. The molecular formula is C21H22ClFN4O4S. The van der Waals surface area contributed by atoms with Crippen LogP contribution in [0.25, 0.3) is 10.9 Å². The number of hydrogen-bond acceptors (Lipinski definition) is 7. The number of methoxy groups -OCH3 is 1. The van der Waals surface area contributed by atoms with Gasteiger partial charge in [0.05, 0.1) is 30.4 Å². The van der Waals surface area contributed by atoms with Crippen molar-refractivity contribution in [1.82, 2.24) is 14.3 Å². The summed E-state index contributed by atoms with van der Waals surface area (Å²) in [5.41, 5.74) is 1.17. The van der Waals surface area contributed by atoms with E-state index in [-0.39, 0.29) is 17.7 Å². The van der Waals surface area contributed by atoms with Crippen molar-refractivity contribution in [3.63, 3.8) is 0 Å². The van der Waals surface area contributed by atoms with Gasteiger partial charge in [0.1, 0.15) is 24.1 Å². The van der Waals surface area contributed by atoms with Gasteiger partial charge in [-0.25, -0.2) is 22.8 Å². The molecule has 1 N–H and O–H groups in total. The summed E-state index contributed by atoms with van der Waals surface area (Å²) in [7, 11) is -1.77. The maximum Gasteiger partial charge on any atom is 0.211 e. The number of sulfonamides is 1. The van der Waals surface area contributed by atoms with Crippen molar-refractivity contribution in [2.75, 3.05) is 31.8 Å². The number of halogens is 2. The third kappa shape index (κ3) is 4.87. The fourth-order valence-electron chi connectivity index (χ4n) is 3.61. The van der Waals surface area contributed by atoms with E-state index in [4.69, 9.17) is 21.1 Å². The molecule has 4 rings (SSSR count). The average Bonchev–Trinajstić information content (AvgIpc) is 2.76. The Hall–Kier alpha value is -2.69. The topological polar surface area (TPSA) is 93.7 Å². The van der Waals surface area contributed by atoms with Crippen LogP contribution in [0.15, 0.2) is 36.7 Å². The van der Waals surface area contributed by atoms with Crippen LogP contribution < -0.4 is 14.8 Å². The quantitative estimate of drug-likeness (QED) is 0.570. The van der Waals surface area contributed by atoms with Gasteiger partial charge in [-0.1, -0.05) is 11.6 Å². The summed E-state index contributed by atoms with van der Waals surface area (Å²) in [5.74, 6) is 0.895. The van der Waals surface area contributed by atoms with Gasteiger partial charge in [-0.3, -0.25) is 0 Å². The number of hydrogen-bond donors (Lipinski definition) is 1. The maximum absolute atomic E-state index is 13.5. The Morgan fingerprint density at radius 3 is 2.75 bits per heavy atom. The van der Waals surface area contributed by atoms with Gasteiger partial charge in [-0.05, 0) is 37.1 Å². The van der Waals surface area contributed by atoms with Crippen LogP contribution in [0.2, 0.25) is 5.02 Å². The summed E-state index contributed by atoms with van der Waals surface area (Å²) in [6.45, 7) is 0.750. The van der Waals surface area contributed by atoms with Gasteiger partial charge >= 0.3 is 0 Å². The van der Waals surface area contributed by atoms with Crippen LogP contribution in [0.5, 0.6) is 11.5 Å². The van der Waals surface area contributed by atoms with Gasteiger partial charge in [0.15, 0.2) is 11.5 Å². The van der Waals surface area contributed by atoms with Crippen molar-refractivity contribution in [2.24, 2.45) is 0 Å². The molecule has 2 aromatic carbocycles. The average molecular weight is 481 g/mol. The number of rotatable bonds is 6. The predicted molar refractivity (Wildman–Crippen MR) is 121 cm³/mol. The van der Waals surface area contributed by atoms with Crippen LogP contribution in [0.4, 0.5) is 15.9 Å². The summed E-state index contributed by atoms with van der Waals surface area (Å²) < 4.78 is 50.4. The molecule has 3 aromatic rings. The second kappa shape index (κ2) is 9.05. The smallest absolute Gasteiger partial charge is 0.211 e. The highest BCUT2D eigenvalue weighted by atomic mass is 35.5. The van der Waals surface area contributed by atoms with Crippen molar-refractivity contribution in [3.05, 3.63) is 47.5 Å². The first-order chi connectivity index (χ1) is 15.2. The fourth-order valence-corrected chi connectivity index (χ4v) is 4.69. The summed E-state index contributed by atoms with van der Waals surface area (Å²) in [6, 6.07) is 7.76. The molecular weight excluding hydrogens is 459 g/mol. The highest BCUT2D eigenvalue weighted by Crippen LogP contribution is 2.36. The second-order valence-corrected chi connectivity index (χ2v) is 9.89. The third-order valence-corrected chi connectivity index (χ3v) is 6.77. The molecule has 0 bridgehead atoms. The molecule has 0 amide bonds. The number of nitrogens with zero attached hydrogens (tertiary/aromatic N) is 3. The Bertz CT molecular complexity index is 1260. The predicted octanol–water partition coefficient (Wildman–Crippen LogP) is 3.98. The van der Waals surface area contributed by atoms with E-state index in [0.29, 0.717) is 46.9 Å². The SMILES string of the molecule is COc1cc2ncnc(Nc3ccc(F)c(Cl)c3)c2cc1OC1CCCN(S(C)(=O)=O)C1. The molecule has 1 atom stereocenters. The first kappa shape index (κ1) is 22.5. The lowest BCUT2D eigenvalue weighted by atomic mass is 10.1. The van der Waals surface area contributed by atoms with Crippen LogP contribution in [0.1, 0.15) is 12.8 Å². The third-order valence-electron chi connectivity index (χ3n) is 5.21. The van der Waals surface area contributed by atoms with E-state index in [1.807, 2.05) is 0 Å². The molecule has 32 heavy (non-hydrogen) atoms. The van der Waals surface area contributed by atoms with Crippen LogP contribution in [-0.4, -0.2) is 55.3 Å². The number of anilines is 2. The largest absolute Gasteiger partial charge is 0.493 e. The van der Waals surface area contributed by atoms with Crippen LogP contribution >= 0.6 is 11.6 Å². The van der Waals surface area contributed by atoms with Crippen molar-refractivity contribution in [3.8, 4) is 11.5 Å². The van der Waals surface area contributed by atoms with Crippen molar-refractivity contribution < 1.29 is 22.3 Å². The van der Waals surface area contributed by atoms with Gasteiger partial charge in [-0.2, -0.15) is 4.31 Å². The van der Waals surface area contributed by atoms with E-state index in [0.717, 1.165) is 6.42 Å². The van der Waals surface area contributed by atoms with Crippen LogP contribution in [-0.2, 0) is 10.0 Å². The lowest BCUT2D eigenvalue weighted by Gasteiger charge is -2.31. The van der Waals surface area contributed by atoms with Crippen molar-refractivity contribution >= 4 is 44.0 Å². The van der Waals surface area contributed by atoms with Crippen LogP contribution in [0, 0.1) is 5.82 Å². The number of piperidine rings is 1. The van der Waals surface area contributed by atoms with E-state index in [1.54, 1.807) is 18.2 Å². The standard InChI is InChI=1S/C21H22ClFN4O4S/c1-30-19-10-18-15(9-20(19)31-14-4-3-7-27(11-14)32(2,28)29)21(25-12-24-18)26-13-5-6-17(23)16(22)8-13/h5-6,8-10,12,14H,3-4,7,11H2,1-2H3,(H,24,25,26). The summed E-state index contributed by atoms with van der Waals surface area (Å²) >= 11 is 5.88. The Kier molecular flexibility index (Phi) is 6.36. The first-order valence-corrected chi connectivity index (χ1v) is 12.1. The zero-order valence-corrected chi connectivity index (χ0v) is 19.1. The number of benzene rings is 2. The molecule has 11 heteroatoms. The molecule has 1 fully saturated rings. The van der Waals surface area contributed by atoms with Crippen LogP contribution in [0.3, 0.4) is 0 Å². The molecule has 1 aliphatic heterocycles. The van der Waals surface area contributed by atoms with Gasteiger partial charge in [0, 0.05) is 23.7 Å². The van der Waals surface area contributed by atoms with E-state index in [2.05, 4.69) is 15.3 Å². The minimum absolute atomic E-state index is 0.00761. The monoisotopic (exact) mass is 480 g/mol. The zero-order chi connectivity index (χ0) is 22.9.